The number of ketones is 3. The molecule has 0 saturated heterocycles. The Morgan fingerprint density at radius 1 is 1.24 bits per heavy atom. The fraction of sp³-hybridized carbons (Fsp3) is 0.667. The second-order valence-corrected chi connectivity index (χ2v) is 8.99. The number of fused-ring (bicyclic) bond motifs is 5. The first-order valence-electron chi connectivity index (χ1n) is 9.34. The van der Waals surface area contributed by atoms with E-state index in [9.17, 15) is 19.5 Å². The summed E-state index contributed by atoms with van der Waals surface area (Å²) in [6.45, 7) is 5.46. The van der Waals surface area contributed by atoms with Gasteiger partial charge in [0.05, 0.1) is 0 Å². The molecule has 0 aromatic heterocycles. The van der Waals surface area contributed by atoms with E-state index in [4.69, 9.17) is 0 Å². The molecular weight excluding hydrogens is 316 g/mol. The van der Waals surface area contributed by atoms with Crippen LogP contribution in [0.25, 0.3) is 0 Å². The fourth-order valence-corrected chi connectivity index (χ4v) is 6.61. The van der Waals surface area contributed by atoms with Crippen molar-refractivity contribution in [1.82, 2.24) is 0 Å². The quantitative estimate of drug-likeness (QED) is 0.795. The lowest BCUT2D eigenvalue weighted by molar-refractivity contribution is -0.165. The molecule has 25 heavy (non-hydrogen) atoms. The smallest absolute Gasteiger partial charge is 0.178 e. The van der Waals surface area contributed by atoms with E-state index in [2.05, 4.69) is 6.92 Å². The van der Waals surface area contributed by atoms with E-state index in [1.54, 1.807) is 12.2 Å². The Labute approximate surface area is 148 Å². The van der Waals surface area contributed by atoms with Crippen LogP contribution < -0.4 is 0 Å². The number of carbonyl (C=O) groups is 3. The Hall–Kier alpha value is -1.55. The number of Topliss-reactive ketones (excluding diaryl/α,β-unsaturated/α-hetero) is 2. The minimum Gasteiger partial charge on any atom is -0.381 e. The molecule has 6 atom stereocenters. The van der Waals surface area contributed by atoms with Gasteiger partial charge in [-0.15, -0.1) is 0 Å². The monoisotopic (exact) mass is 342 g/mol. The third-order valence-corrected chi connectivity index (χ3v) is 7.99. The van der Waals surface area contributed by atoms with Crippen LogP contribution in [-0.2, 0) is 14.4 Å². The van der Waals surface area contributed by atoms with Gasteiger partial charge in [0, 0.05) is 23.2 Å². The minimum atomic E-state index is -1.38. The zero-order valence-electron chi connectivity index (χ0n) is 15.2. The minimum absolute atomic E-state index is 0.00541. The van der Waals surface area contributed by atoms with Crippen LogP contribution in [0.1, 0.15) is 52.9 Å². The van der Waals surface area contributed by atoms with Gasteiger partial charge in [-0.1, -0.05) is 25.5 Å². The highest BCUT2D eigenvalue weighted by molar-refractivity contribution is 6.02. The fourth-order valence-electron chi connectivity index (χ4n) is 6.61. The van der Waals surface area contributed by atoms with Crippen molar-refractivity contribution in [3.63, 3.8) is 0 Å². The van der Waals surface area contributed by atoms with Crippen molar-refractivity contribution < 1.29 is 19.5 Å². The Bertz CT molecular complexity index is 747. The third kappa shape index (κ3) is 1.95. The molecule has 4 aliphatic rings. The second-order valence-electron chi connectivity index (χ2n) is 8.99. The molecule has 1 N–H and O–H groups in total. The average Bonchev–Trinajstić information content (AvgIpc) is 2.80. The van der Waals surface area contributed by atoms with Crippen LogP contribution in [0.5, 0.6) is 0 Å². The lowest BCUT2D eigenvalue weighted by Crippen LogP contribution is -2.59. The summed E-state index contributed by atoms with van der Waals surface area (Å²) in [7, 11) is 0. The zero-order chi connectivity index (χ0) is 18.2. The molecule has 3 fully saturated rings. The summed E-state index contributed by atoms with van der Waals surface area (Å²) in [6, 6.07) is 0. The molecule has 4 heteroatoms. The zero-order valence-corrected chi connectivity index (χ0v) is 15.2. The maximum atomic E-state index is 13.3. The molecule has 0 spiro atoms. The predicted molar refractivity (Wildman–Crippen MR) is 92.6 cm³/mol. The molecule has 0 aromatic carbocycles. The lowest BCUT2D eigenvalue weighted by Gasteiger charge is -2.56. The van der Waals surface area contributed by atoms with Crippen LogP contribution in [0, 0.1) is 28.6 Å². The van der Waals surface area contributed by atoms with Gasteiger partial charge in [0.25, 0.3) is 0 Å². The molecular formula is C21H26O4. The summed E-state index contributed by atoms with van der Waals surface area (Å²) in [4.78, 5) is 37.2. The molecule has 0 heterocycles. The molecule has 0 amide bonds. The van der Waals surface area contributed by atoms with Gasteiger partial charge in [0.15, 0.2) is 11.6 Å². The van der Waals surface area contributed by atoms with Gasteiger partial charge >= 0.3 is 0 Å². The summed E-state index contributed by atoms with van der Waals surface area (Å²) >= 11 is 0. The first-order valence-corrected chi connectivity index (χ1v) is 9.34. The van der Waals surface area contributed by atoms with Gasteiger partial charge in [0.1, 0.15) is 11.4 Å². The van der Waals surface area contributed by atoms with Gasteiger partial charge in [-0.25, -0.2) is 0 Å². The van der Waals surface area contributed by atoms with E-state index in [0.29, 0.717) is 6.42 Å². The van der Waals surface area contributed by atoms with Crippen LogP contribution in [-0.4, -0.2) is 28.1 Å². The topological polar surface area (TPSA) is 71.4 Å². The molecule has 134 valence electrons. The lowest BCUT2D eigenvalue weighted by atomic mass is 9.46. The number of aliphatic hydroxyl groups is 1. The number of hydrogen-bond donors (Lipinski definition) is 1. The first-order chi connectivity index (χ1) is 11.6. The van der Waals surface area contributed by atoms with Crippen LogP contribution >= 0.6 is 0 Å². The first kappa shape index (κ1) is 16.9. The Morgan fingerprint density at radius 3 is 2.64 bits per heavy atom. The second kappa shape index (κ2) is 5.00. The standard InChI is InChI=1S/C21H26O4/c1-12(22)21(25)9-7-16-15-5-4-13-10-14(23)6-8-19(13,2)18(15)17(24)11-20(16,21)3/h6,8,10,15-16,18,25H,4-5,7,9,11H2,1-3H3/t15-,16-,18+,19-,20-,21-/m0/s1. The molecule has 3 saturated carbocycles. The van der Waals surface area contributed by atoms with Crippen LogP contribution in [0.15, 0.2) is 23.8 Å². The third-order valence-electron chi connectivity index (χ3n) is 7.99. The van der Waals surface area contributed by atoms with Crippen LogP contribution in [0.4, 0.5) is 0 Å². The van der Waals surface area contributed by atoms with Crippen molar-refractivity contribution in [2.75, 3.05) is 0 Å². The van der Waals surface area contributed by atoms with Gasteiger partial charge in [-0.3, -0.25) is 14.4 Å². The Morgan fingerprint density at radius 2 is 1.96 bits per heavy atom. The number of rotatable bonds is 1. The highest BCUT2D eigenvalue weighted by atomic mass is 16.3. The summed E-state index contributed by atoms with van der Waals surface area (Å²) in [5.74, 6) is 0.121. The highest BCUT2D eigenvalue weighted by Crippen LogP contribution is 2.65. The molecule has 0 aliphatic heterocycles. The summed E-state index contributed by atoms with van der Waals surface area (Å²) in [5, 5.41) is 11.1. The van der Waals surface area contributed by atoms with E-state index in [-0.39, 0.29) is 41.5 Å². The Balaban J connectivity index is 1.78. The molecule has 4 rings (SSSR count). The van der Waals surface area contributed by atoms with Gasteiger partial charge in [-0.2, -0.15) is 0 Å². The summed E-state index contributed by atoms with van der Waals surface area (Å²) in [5.41, 5.74) is -1.37. The molecule has 0 unspecified atom stereocenters. The van der Waals surface area contributed by atoms with Crippen molar-refractivity contribution in [1.29, 1.82) is 0 Å². The van der Waals surface area contributed by atoms with Crippen LogP contribution in [0.2, 0.25) is 0 Å². The van der Waals surface area contributed by atoms with Gasteiger partial charge < -0.3 is 5.11 Å². The molecule has 4 aliphatic carbocycles. The predicted octanol–water partition coefficient (Wildman–Crippen LogP) is 2.79. The summed E-state index contributed by atoms with van der Waals surface area (Å²) < 4.78 is 0. The molecule has 0 aromatic rings. The normalized spacial score (nSPS) is 48.5. The average molecular weight is 342 g/mol. The largest absolute Gasteiger partial charge is 0.381 e. The van der Waals surface area contributed by atoms with Gasteiger partial charge in [0.2, 0.25) is 0 Å². The van der Waals surface area contributed by atoms with Crippen molar-refractivity contribution >= 4 is 17.3 Å². The van der Waals surface area contributed by atoms with E-state index in [1.165, 1.54) is 6.92 Å². The van der Waals surface area contributed by atoms with Crippen molar-refractivity contribution in [2.45, 2.75) is 58.5 Å². The van der Waals surface area contributed by atoms with Crippen molar-refractivity contribution in [3.05, 3.63) is 23.8 Å². The summed E-state index contributed by atoms with van der Waals surface area (Å²) in [6.07, 6.45) is 8.38. The van der Waals surface area contributed by atoms with E-state index in [1.807, 2.05) is 13.0 Å². The Kier molecular flexibility index (Phi) is 3.38. The molecule has 0 radical (unpaired) electrons. The van der Waals surface area contributed by atoms with Crippen molar-refractivity contribution in [2.24, 2.45) is 28.6 Å². The highest BCUT2D eigenvalue weighted by Gasteiger charge is 2.67. The maximum absolute atomic E-state index is 13.3. The molecule has 0 bridgehead atoms. The number of carbonyl (C=O) groups excluding carboxylic acids is 3. The number of hydrogen-bond acceptors (Lipinski definition) is 4. The maximum Gasteiger partial charge on any atom is 0.178 e. The van der Waals surface area contributed by atoms with Crippen LogP contribution in [0.3, 0.4) is 0 Å². The molecule has 4 nitrogen and oxygen atoms in total. The van der Waals surface area contributed by atoms with Gasteiger partial charge in [-0.05, 0) is 56.6 Å². The van der Waals surface area contributed by atoms with E-state index in [0.717, 1.165) is 24.8 Å². The van der Waals surface area contributed by atoms with Crippen molar-refractivity contribution in [3.8, 4) is 0 Å². The van der Waals surface area contributed by atoms with E-state index >= 15 is 0 Å². The number of allylic oxidation sites excluding steroid dienone is 4. The van der Waals surface area contributed by atoms with E-state index < -0.39 is 16.4 Å². The SMILES string of the molecule is CC(=O)[C@@]1(O)CC[C@H]2[C@@H]3CCC4=CC(=O)C=C[C@]4(C)[C@H]3C(=O)C[C@@]21C.